The van der Waals surface area contributed by atoms with Crippen LogP contribution in [0.2, 0.25) is 10.0 Å². The van der Waals surface area contributed by atoms with Crippen molar-refractivity contribution in [3.05, 3.63) is 91.9 Å². The predicted octanol–water partition coefficient (Wildman–Crippen LogP) is 6.47. The summed E-state index contributed by atoms with van der Waals surface area (Å²) in [5.41, 5.74) is 1.91. The van der Waals surface area contributed by atoms with Gasteiger partial charge in [0.1, 0.15) is 18.1 Å². The van der Waals surface area contributed by atoms with Crippen molar-refractivity contribution in [1.29, 1.82) is 0 Å². The van der Waals surface area contributed by atoms with Crippen LogP contribution in [0.25, 0.3) is 0 Å². The van der Waals surface area contributed by atoms with E-state index < -0.39 is 0 Å². The maximum atomic E-state index is 12.4. The third kappa shape index (κ3) is 5.25. The van der Waals surface area contributed by atoms with E-state index in [9.17, 15) is 9.90 Å². The van der Waals surface area contributed by atoms with E-state index in [4.69, 9.17) is 27.9 Å². The number of hydrogen-bond donors (Lipinski definition) is 1. The van der Waals surface area contributed by atoms with E-state index in [0.29, 0.717) is 15.8 Å². The van der Waals surface area contributed by atoms with Crippen LogP contribution in [0.15, 0.2) is 65.1 Å². The number of rotatable bonds is 6. The molecule has 0 fully saturated rings. The van der Waals surface area contributed by atoms with Gasteiger partial charge in [-0.3, -0.25) is 4.79 Å². The van der Waals surface area contributed by atoms with Crippen molar-refractivity contribution < 1.29 is 14.6 Å². The first-order valence-corrected chi connectivity index (χ1v) is 9.64. The summed E-state index contributed by atoms with van der Waals surface area (Å²) < 4.78 is 6.60. The highest BCUT2D eigenvalue weighted by Gasteiger charge is 2.13. The second-order valence-electron chi connectivity index (χ2n) is 5.93. The van der Waals surface area contributed by atoms with E-state index in [1.165, 1.54) is 6.07 Å². The molecule has 0 aliphatic heterocycles. The van der Waals surface area contributed by atoms with Crippen LogP contribution < -0.4 is 4.74 Å². The van der Waals surface area contributed by atoms with Crippen molar-refractivity contribution in [2.24, 2.45) is 0 Å². The van der Waals surface area contributed by atoms with Crippen LogP contribution in [0, 0.1) is 0 Å². The average Bonchev–Trinajstić information content (AvgIpc) is 2.63. The molecule has 0 aromatic heterocycles. The lowest BCUT2D eigenvalue weighted by atomic mass is 10.0. The van der Waals surface area contributed by atoms with Gasteiger partial charge in [-0.2, -0.15) is 0 Å². The number of ether oxygens (including phenoxy) is 1. The van der Waals surface area contributed by atoms with Crippen molar-refractivity contribution in [2.75, 3.05) is 0 Å². The Bertz CT molecular complexity index is 972. The zero-order valence-electron chi connectivity index (χ0n) is 14.1. The zero-order valence-corrected chi connectivity index (χ0v) is 17.2. The van der Waals surface area contributed by atoms with Crippen molar-refractivity contribution in [3.63, 3.8) is 0 Å². The molecule has 0 bridgehead atoms. The van der Waals surface area contributed by atoms with E-state index in [1.807, 2.05) is 24.3 Å². The van der Waals surface area contributed by atoms with Gasteiger partial charge < -0.3 is 9.84 Å². The van der Waals surface area contributed by atoms with Crippen LogP contribution in [0.5, 0.6) is 11.5 Å². The number of carbonyl (C=O) groups is 1. The quantitative estimate of drug-likeness (QED) is 0.424. The molecule has 0 saturated carbocycles. The number of phenols is 1. The van der Waals surface area contributed by atoms with Crippen LogP contribution >= 0.6 is 39.1 Å². The molecular formula is C21H15BrCl2O3. The third-order valence-corrected chi connectivity index (χ3v) is 5.07. The molecule has 3 rings (SSSR count). The number of hydrogen-bond acceptors (Lipinski definition) is 3. The second kappa shape index (κ2) is 8.79. The summed E-state index contributed by atoms with van der Waals surface area (Å²) in [6.45, 7) is 0.224. The second-order valence-corrected chi connectivity index (χ2v) is 7.69. The smallest absolute Gasteiger partial charge is 0.170 e. The molecule has 0 heterocycles. The highest BCUT2D eigenvalue weighted by atomic mass is 79.9. The molecule has 27 heavy (non-hydrogen) atoms. The van der Waals surface area contributed by atoms with Gasteiger partial charge in [-0.25, -0.2) is 0 Å². The molecule has 3 aromatic carbocycles. The van der Waals surface area contributed by atoms with Gasteiger partial charge in [0, 0.05) is 32.6 Å². The fourth-order valence-electron chi connectivity index (χ4n) is 2.52. The van der Waals surface area contributed by atoms with Crippen LogP contribution in [0.4, 0.5) is 0 Å². The Hall–Kier alpha value is -2.01. The van der Waals surface area contributed by atoms with Crippen LogP contribution in [-0.2, 0) is 13.0 Å². The molecule has 0 aliphatic rings. The van der Waals surface area contributed by atoms with Crippen molar-refractivity contribution >= 4 is 44.9 Å². The monoisotopic (exact) mass is 464 g/mol. The number of benzene rings is 3. The summed E-state index contributed by atoms with van der Waals surface area (Å²) in [6.07, 6.45) is 0.210. The SMILES string of the molecule is O=C(Cc1ccc(Br)cc1)c1ccc(OCc2ccc(Cl)cc2Cl)cc1O. The number of carbonyl (C=O) groups excluding carboxylic acids is 1. The number of phenolic OH excluding ortho intramolecular Hbond substituents is 1. The van der Waals surface area contributed by atoms with Crippen LogP contribution in [-0.4, -0.2) is 10.9 Å². The van der Waals surface area contributed by atoms with Crippen molar-refractivity contribution in [2.45, 2.75) is 13.0 Å². The number of aromatic hydroxyl groups is 1. The van der Waals surface area contributed by atoms with Gasteiger partial charge in [-0.1, -0.05) is 57.3 Å². The summed E-state index contributed by atoms with van der Waals surface area (Å²) in [6, 6.07) is 17.3. The first-order valence-electron chi connectivity index (χ1n) is 8.10. The standard InChI is InChI=1S/C21H15BrCl2O3/c22-15-4-1-13(2-5-15)9-20(25)18-8-7-17(11-21(18)26)27-12-14-3-6-16(23)10-19(14)24/h1-8,10-11,26H,9,12H2. The Kier molecular flexibility index (Phi) is 6.42. The molecule has 0 saturated heterocycles. The molecule has 3 nitrogen and oxygen atoms in total. The molecule has 0 aliphatic carbocycles. The van der Waals surface area contributed by atoms with Crippen LogP contribution in [0.3, 0.4) is 0 Å². The topological polar surface area (TPSA) is 46.5 Å². The first-order chi connectivity index (χ1) is 12.9. The number of ketones is 1. The first kappa shape index (κ1) is 19.7. The molecule has 0 spiro atoms. The fourth-order valence-corrected chi connectivity index (χ4v) is 3.25. The summed E-state index contributed by atoms with van der Waals surface area (Å²) in [7, 11) is 0. The summed E-state index contributed by atoms with van der Waals surface area (Å²) in [5.74, 6) is 0.164. The molecule has 1 N–H and O–H groups in total. The summed E-state index contributed by atoms with van der Waals surface area (Å²) >= 11 is 15.4. The lowest BCUT2D eigenvalue weighted by molar-refractivity contribution is 0.0990. The van der Waals surface area contributed by atoms with Gasteiger partial charge >= 0.3 is 0 Å². The Morgan fingerprint density at radius 3 is 2.41 bits per heavy atom. The Balaban J connectivity index is 1.67. The van der Waals surface area contributed by atoms with Gasteiger partial charge in [-0.15, -0.1) is 0 Å². The van der Waals surface area contributed by atoms with E-state index in [-0.39, 0.29) is 30.1 Å². The molecular weight excluding hydrogens is 451 g/mol. The Morgan fingerprint density at radius 1 is 1.00 bits per heavy atom. The maximum Gasteiger partial charge on any atom is 0.170 e. The van der Waals surface area contributed by atoms with Gasteiger partial charge in [-0.05, 0) is 42.0 Å². The number of Topliss-reactive ketones (excluding diaryl/α,β-unsaturated/α-hetero) is 1. The van der Waals surface area contributed by atoms with Crippen molar-refractivity contribution in [3.8, 4) is 11.5 Å². The van der Waals surface area contributed by atoms with Crippen LogP contribution in [0.1, 0.15) is 21.5 Å². The number of halogens is 3. The molecule has 0 unspecified atom stereocenters. The van der Waals surface area contributed by atoms with Gasteiger partial charge in [0.25, 0.3) is 0 Å². The Morgan fingerprint density at radius 2 is 1.74 bits per heavy atom. The fraction of sp³-hybridized carbons (Fsp3) is 0.0952. The highest BCUT2D eigenvalue weighted by Crippen LogP contribution is 2.27. The van der Waals surface area contributed by atoms with E-state index >= 15 is 0 Å². The van der Waals surface area contributed by atoms with E-state index in [0.717, 1.165) is 15.6 Å². The highest BCUT2D eigenvalue weighted by molar-refractivity contribution is 9.10. The molecule has 0 radical (unpaired) electrons. The molecule has 0 atom stereocenters. The lowest BCUT2D eigenvalue weighted by Gasteiger charge is -2.10. The molecule has 138 valence electrons. The third-order valence-electron chi connectivity index (χ3n) is 3.96. The van der Waals surface area contributed by atoms with Gasteiger partial charge in [0.15, 0.2) is 5.78 Å². The average molecular weight is 466 g/mol. The normalized spacial score (nSPS) is 10.6. The summed E-state index contributed by atoms with van der Waals surface area (Å²) in [5, 5.41) is 11.3. The predicted molar refractivity (Wildman–Crippen MR) is 111 cm³/mol. The van der Waals surface area contributed by atoms with E-state index in [1.54, 1.807) is 30.3 Å². The van der Waals surface area contributed by atoms with Gasteiger partial charge in [0.05, 0.1) is 5.56 Å². The zero-order chi connectivity index (χ0) is 19.4. The minimum atomic E-state index is -0.165. The van der Waals surface area contributed by atoms with Crippen molar-refractivity contribution in [1.82, 2.24) is 0 Å². The molecule has 0 amide bonds. The van der Waals surface area contributed by atoms with Gasteiger partial charge in [0.2, 0.25) is 0 Å². The van der Waals surface area contributed by atoms with E-state index in [2.05, 4.69) is 15.9 Å². The minimum absolute atomic E-state index is 0.114. The summed E-state index contributed by atoms with van der Waals surface area (Å²) in [4.78, 5) is 12.4. The molecule has 6 heteroatoms. The lowest BCUT2D eigenvalue weighted by Crippen LogP contribution is -2.04. The Labute approximate surface area is 175 Å². The largest absolute Gasteiger partial charge is 0.507 e. The molecule has 3 aromatic rings. The minimum Gasteiger partial charge on any atom is -0.507 e. The maximum absolute atomic E-state index is 12.4.